The summed E-state index contributed by atoms with van der Waals surface area (Å²) in [6.45, 7) is 8.94. The van der Waals surface area contributed by atoms with Gasteiger partial charge in [0.2, 0.25) is 5.91 Å². The van der Waals surface area contributed by atoms with Crippen molar-refractivity contribution in [2.75, 3.05) is 39.3 Å². The van der Waals surface area contributed by atoms with Gasteiger partial charge in [-0.1, -0.05) is 24.3 Å². The van der Waals surface area contributed by atoms with E-state index in [2.05, 4.69) is 36.5 Å². The molecule has 154 valence electrons. The first-order valence-corrected chi connectivity index (χ1v) is 10.2. The summed E-state index contributed by atoms with van der Waals surface area (Å²) in [6.07, 6.45) is 0. The topological polar surface area (TPSA) is 63.1 Å². The zero-order chi connectivity index (χ0) is 20.6. The van der Waals surface area contributed by atoms with Crippen LogP contribution in [0.25, 0.3) is 0 Å². The average molecular weight is 397 g/mol. The molecule has 0 bridgehead atoms. The Hall–Kier alpha value is -2.86. The van der Waals surface area contributed by atoms with Crippen molar-refractivity contribution in [1.29, 1.82) is 0 Å². The van der Waals surface area contributed by atoms with Crippen molar-refractivity contribution in [2.45, 2.75) is 20.4 Å². The number of nitrogens with one attached hydrogen (secondary N) is 2. The molecule has 0 saturated carbocycles. The van der Waals surface area contributed by atoms with Gasteiger partial charge in [0.05, 0.1) is 39.3 Å². The third-order valence-electron chi connectivity index (χ3n) is 5.35. The monoisotopic (exact) mass is 396 g/mol. The highest BCUT2D eigenvalue weighted by atomic mass is 16.5. The van der Waals surface area contributed by atoms with Crippen LogP contribution in [0.1, 0.15) is 28.4 Å². The van der Waals surface area contributed by atoms with Gasteiger partial charge in [-0.15, -0.1) is 0 Å². The number of hydrogen-bond donors (Lipinski definition) is 2. The SMILES string of the molecule is CCOc1ccc(C(=O)NCC(=O)N2CC[NH+](Cc3ccccc3C)CC2)cc1. The number of benzene rings is 2. The van der Waals surface area contributed by atoms with Crippen LogP contribution in [0.15, 0.2) is 48.5 Å². The number of hydrogen-bond acceptors (Lipinski definition) is 3. The molecule has 1 saturated heterocycles. The van der Waals surface area contributed by atoms with E-state index in [9.17, 15) is 9.59 Å². The van der Waals surface area contributed by atoms with Crippen molar-refractivity contribution in [2.24, 2.45) is 0 Å². The first-order valence-electron chi connectivity index (χ1n) is 10.2. The number of piperazine rings is 1. The molecule has 1 fully saturated rings. The highest BCUT2D eigenvalue weighted by Crippen LogP contribution is 2.12. The van der Waals surface area contributed by atoms with Crippen LogP contribution in [0.5, 0.6) is 5.75 Å². The Bertz CT molecular complexity index is 828. The minimum Gasteiger partial charge on any atom is -0.494 e. The molecule has 6 nitrogen and oxygen atoms in total. The van der Waals surface area contributed by atoms with Crippen LogP contribution in [0.4, 0.5) is 0 Å². The molecule has 2 amide bonds. The van der Waals surface area contributed by atoms with Gasteiger partial charge >= 0.3 is 0 Å². The summed E-state index contributed by atoms with van der Waals surface area (Å²) < 4.78 is 5.38. The normalized spacial score (nSPS) is 14.5. The average Bonchev–Trinajstić information content (AvgIpc) is 2.75. The summed E-state index contributed by atoms with van der Waals surface area (Å²) in [4.78, 5) is 28.1. The van der Waals surface area contributed by atoms with Crippen LogP contribution < -0.4 is 15.0 Å². The number of carbonyl (C=O) groups is 2. The fourth-order valence-corrected chi connectivity index (χ4v) is 3.57. The molecule has 2 aromatic rings. The molecule has 1 aliphatic rings. The Morgan fingerprint density at radius 3 is 2.41 bits per heavy atom. The number of amides is 2. The fourth-order valence-electron chi connectivity index (χ4n) is 3.57. The molecule has 0 aliphatic carbocycles. The van der Waals surface area contributed by atoms with E-state index < -0.39 is 0 Å². The number of quaternary nitrogens is 1. The molecule has 0 aromatic heterocycles. The van der Waals surface area contributed by atoms with Crippen LogP contribution >= 0.6 is 0 Å². The van der Waals surface area contributed by atoms with E-state index in [-0.39, 0.29) is 18.4 Å². The van der Waals surface area contributed by atoms with Crippen molar-refractivity contribution >= 4 is 11.8 Å². The Morgan fingerprint density at radius 1 is 1.07 bits per heavy atom. The third kappa shape index (κ3) is 5.81. The van der Waals surface area contributed by atoms with Crippen LogP contribution in [-0.2, 0) is 11.3 Å². The summed E-state index contributed by atoms with van der Waals surface area (Å²) in [7, 11) is 0. The zero-order valence-corrected chi connectivity index (χ0v) is 17.2. The fraction of sp³-hybridized carbons (Fsp3) is 0.391. The van der Waals surface area contributed by atoms with Crippen LogP contribution in [0.2, 0.25) is 0 Å². The molecule has 3 rings (SSSR count). The minimum atomic E-state index is -0.245. The summed E-state index contributed by atoms with van der Waals surface area (Å²) in [5.74, 6) is 0.454. The zero-order valence-electron chi connectivity index (χ0n) is 17.2. The lowest BCUT2D eigenvalue weighted by molar-refractivity contribution is -0.917. The Morgan fingerprint density at radius 2 is 1.76 bits per heavy atom. The second-order valence-electron chi connectivity index (χ2n) is 7.37. The van der Waals surface area contributed by atoms with Crippen molar-refractivity contribution in [3.05, 3.63) is 65.2 Å². The highest BCUT2D eigenvalue weighted by Gasteiger charge is 2.24. The van der Waals surface area contributed by atoms with Crippen molar-refractivity contribution in [1.82, 2.24) is 10.2 Å². The predicted octanol–water partition coefficient (Wildman–Crippen LogP) is 1.05. The molecule has 0 radical (unpaired) electrons. The smallest absolute Gasteiger partial charge is 0.251 e. The van der Waals surface area contributed by atoms with Crippen molar-refractivity contribution in [3.63, 3.8) is 0 Å². The minimum absolute atomic E-state index is 0.0270. The molecule has 2 N–H and O–H groups in total. The van der Waals surface area contributed by atoms with Gasteiger partial charge in [0.15, 0.2) is 0 Å². The molecule has 1 heterocycles. The van der Waals surface area contributed by atoms with Crippen LogP contribution in [0, 0.1) is 6.92 Å². The number of aryl methyl sites for hydroxylation is 1. The van der Waals surface area contributed by atoms with Gasteiger partial charge in [-0.3, -0.25) is 9.59 Å². The molecule has 6 heteroatoms. The molecule has 2 aromatic carbocycles. The molecule has 0 atom stereocenters. The maximum atomic E-state index is 12.5. The quantitative estimate of drug-likeness (QED) is 0.736. The number of ether oxygens (including phenoxy) is 1. The molecular formula is C23H30N3O3+. The van der Waals surface area contributed by atoms with Gasteiger partial charge < -0.3 is 19.9 Å². The standard InChI is InChI=1S/C23H29N3O3/c1-3-29-21-10-8-19(9-11-21)23(28)24-16-22(27)26-14-12-25(13-15-26)17-20-7-5-4-6-18(20)2/h4-11H,3,12-17H2,1-2H3,(H,24,28)/p+1. The second kappa shape index (κ2) is 10.1. The first kappa shape index (κ1) is 20.9. The van der Waals surface area contributed by atoms with Gasteiger partial charge in [0, 0.05) is 11.1 Å². The lowest BCUT2D eigenvalue weighted by Crippen LogP contribution is -3.13. The largest absolute Gasteiger partial charge is 0.494 e. The summed E-state index contributed by atoms with van der Waals surface area (Å²) in [5, 5.41) is 2.73. The molecule has 0 spiro atoms. The van der Waals surface area contributed by atoms with E-state index in [1.54, 1.807) is 24.3 Å². The third-order valence-corrected chi connectivity index (χ3v) is 5.35. The number of carbonyl (C=O) groups excluding carboxylic acids is 2. The van der Waals surface area contributed by atoms with Crippen molar-refractivity contribution < 1.29 is 19.2 Å². The predicted molar refractivity (Wildman–Crippen MR) is 112 cm³/mol. The maximum Gasteiger partial charge on any atom is 0.251 e. The molecule has 29 heavy (non-hydrogen) atoms. The maximum absolute atomic E-state index is 12.5. The molecule has 0 unspecified atom stereocenters. The van der Waals surface area contributed by atoms with Gasteiger partial charge in [0.25, 0.3) is 5.91 Å². The highest BCUT2D eigenvalue weighted by molar-refractivity contribution is 5.96. The summed E-state index contributed by atoms with van der Waals surface area (Å²) in [5.41, 5.74) is 3.20. The first-order chi connectivity index (χ1) is 14.1. The van der Waals surface area contributed by atoms with E-state index in [1.807, 2.05) is 11.8 Å². The molecule has 1 aliphatic heterocycles. The van der Waals surface area contributed by atoms with E-state index in [1.165, 1.54) is 16.0 Å². The van der Waals surface area contributed by atoms with Crippen molar-refractivity contribution in [3.8, 4) is 5.75 Å². The van der Waals surface area contributed by atoms with Crippen LogP contribution in [0.3, 0.4) is 0 Å². The summed E-state index contributed by atoms with van der Waals surface area (Å²) >= 11 is 0. The van der Waals surface area contributed by atoms with E-state index >= 15 is 0 Å². The summed E-state index contributed by atoms with van der Waals surface area (Å²) in [6, 6.07) is 15.4. The number of nitrogens with zero attached hydrogens (tertiary/aromatic N) is 1. The van der Waals surface area contributed by atoms with Gasteiger partial charge in [-0.25, -0.2) is 0 Å². The van der Waals surface area contributed by atoms with E-state index in [4.69, 9.17) is 4.74 Å². The van der Waals surface area contributed by atoms with Gasteiger partial charge in [-0.05, 0) is 43.7 Å². The Balaban J connectivity index is 1.42. The van der Waals surface area contributed by atoms with Gasteiger partial charge in [0.1, 0.15) is 12.3 Å². The Labute approximate surface area is 172 Å². The van der Waals surface area contributed by atoms with Crippen LogP contribution in [-0.4, -0.2) is 56.0 Å². The Kier molecular flexibility index (Phi) is 7.25. The van der Waals surface area contributed by atoms with Gasteiger partial charge in [-0.2, -0.15) is 0 Å². The number of rotatable bonds is 7. The van der Waals surface area contributed by atoms with E-state index in [0.29, 0.717) is 12.2 Å². The molecular weight excluding hydrogens is 366 g/mol. The second-order valence-corrected chi connectivity index (χ2v) is 7.37. The lowest BCUT2D eigenvalue weighted by atomic mass is 10.1. The lowest BCUT2D eigenvalue weighted by Gasteiger charge is -2.32. The van der Waals surface area contributed by atoms with E-state index in [0.717, 1.165) is 38.5 Å².